The van der Waals surface area contributed by atoms with Gasteiger partial charge in [0.1, 0.15) is 0 Å². The van der Waals surface area contributed by atoms with Crippen LogP contribution in [0.2, 0.25) is 0 Å². The zero-order chi connectivity index (χ0) is 7.66. The van der Waals surface area contributed by atoms with E-state index in [9.17, 15) is 0 Å². The van der Waals surface area contributed by atoms with Gasteiger partial charge in [0.05, 0.1) is 0 Å². The van der Waals surface area contributed by atoms with E-state index < -0.39 is 0 Å². The van der Waals surface area contributed by atoms with Gasteiger partial charge in [-0.05, 0) is 25.7 Å². The van der Waals surface area contributed by atoms with E-state index in [0.29, 0.717) is 0 Å². The minimum absolute atomic E-state index is 0.822. The molecular weight excluding hydrogens is 246 g/mol. The van der Waals surface area contributed by atoms with Gasteiger partial charge in [-0.2, -0.15) is 0 Å². The average Bonchev–Trinajstić information content (AvgIpc) is 1.90. The third-order valence-electron chi connectivity index (χ3n) is 1.33. The van der Waals surface area contributed by atoms with Crippen LogP contribution >= 0.6 is 8.58 Å². The molecule has 0 N–H and O–H groups in total. The first-order valence-electron chi connectivity index (χ1n) is 3.52. The van der Waals surface area contributed by atoms with Crippen molar-refractivity contribution >= 4 is 31.8 Å². The van der Waals surface area contributed by atoms with Crippen LogP contribution < -0.4 is 0 Å². The van der Waals surface area contributed by atoms with Crippen LogP contribution in [0.1, 0.15) is 25.7 Å². The van der Waals surface area contributed by atoms with Crippen molar-refractivity contribution in [2.75, 3.05) is 0 Å². The molecule has 1 rings (SSSR count). The predicted molar refractivity (Wildman–Crippen MR) is 48.4 cm³/mol. The molecule has 2 radical (unpaired) electrons. The zero-order valence-electron chi connectivity index (χ0n) is 6.09. The molecule has 0 bridgehead atoms. The van der Waals surface area contributed by atoms with Crippen LogP contribution in [-0.4, -0.2) is 23.2 Å². The molecule has 0 unspecified atom stereocenters. The molecule has 0 amide bonds. The van der Waals surface area contributed by atoms with E-state index in [4.69, 9.17) is 8.58 Å². The van der Waals surface area contributed by atoms with E-state index in [1.54, 1.807) is 0 Å². The molecule has 0 aromatic rings. The Morgan fingerprint density at radius 3 is 1.10 bits per heavy atom. The van der Waals surface area contributed by atoms with E-state index in [0.717, 1.165) is 23.2 Å². The molecule has 0 nitrogen and oxygen atoms in total. The second-order valence-electron chi connectivity index (χ2n) is 2.10. The van der Waals surface area contributed by atoms with Gasteiger partial charge in [0.2, 0.25) is 0 Å². The molecule has 0 atom stereocenters. The fourth-order valence-corrected chi connectivity index (χ4v) is 0.856. The van der Waals surface area contributed by atoms with Crippen molar-refractivity contribution in [3.8, 4) is 0 Å². The Bertz CT molecular complexity index is 81.8. The van der Waals surface area contributed by atoms with Crippen LogP contribution in [0.25, 0.3) is 0 Å². The van der Waals surface area contributed by atoms with Crippen molar-refractivity contribution < 1.29 is 0 Å². The topological polar surface area (TPSA) is 0 Å². The van der Waals surface area contributed by atoms with Crippen LogP contribution in [0.4, 0.5) is 0 Å². The number of hydrogen-bond donors (Lipinski definition) is 0. The zero-order valence-corrected chi connectivity index (χ0v) is 10.1. The van der Waals surface area contributed by atoms with Crippen LogP contribution in [0.3, 0.4) is 0 Å². The standard InChI is InChI=1S/C8H12.ClH.In/c1-2-4-6-8-7-5-3-1;;/h1-2,7-8H,3-6H2;1H;/q;;+1/p-1/b2-1-,8-7-;;. The van der Waals surface area contributed by atoms with Gasteiger partial charge in [0.25, 0.3) is 0 Å². The van der Waals surface area contributed by atoms with Gasteiger partial charge in [-0.15, -0.1) is 0 Å². The summed E-state index contributed by atoms with van der Waals surface area (Å²) >= 11 is 0.822. The summed E-state index contributed by atoms with van der Waals surface area (Å²) in [5, 5.41) is 0. The Hall–Kier alpha value is 0.640. The number of hydrogen-bond acceptors (Lipinski definition) is 0. The third kappa shape index (κ3) is 6.76. The predicted octanol–water partition coefficient (Wildman–Crippen LogP) is 2.98. The van der Waals surface area contributed by atoms with Gasteiger partial charge in [-0.1, -0.05) is 24.3 Å². The van der Waals surface area contributed by atoms with E-state index in [1.165, 1.54) is 25.7 Å². The van der Waals surface area contributed by atoms with Crippen LogP contribution in [0, 0.1) is 0 Å². The number of halogens is 1. The number of rotatable bonds is 0. The first kappa shape index (κ1) is 10.6. The van der Waals surface area contributed by atoms with Crippen molar-refractivity contribution in [3.05, 3.63) is 24.3 Å². The molecule has 1 aliphatic carbocycles. The second kappa shape index (κ2) is 9.64. The molecule has 1 aliphatic rings. The van der Waals surface area contributed by atoms with Crippen molar-refractivity contribution in [3.63, 3.8) is 0 Å². The Morgan fingerprint density at radius 2 is 0.900 bits per heavy atom. The molecule has 2 heteroatoms. The second-order valence-corrected chi connectivity index (χ2v) is 2.10. The fraction of sp³-hybridized carbons (Fsp3) is 0.500. The first-order valence-corrected chi connectivity index (χ1v) is 7.69. The normalized spacial score (nSPS) is 22.9. The summed E-state index contributed by atoms with van der Waals surface area (Å²) in [5.41, 5.74) is 0. The van der Waals surface area contributed by atoms with E-state index in [-0.39, 0.29) is 0 Å². The van der Waals surface area contributed by atoms with Crippen molar-refractivity contribution in [1.82, 2.24) is 0 Å². The fourth-order valence-electron chi connectivity index (χ4n) is 0.856. The van der Waals surface area contributed by atoms with E-state index in [2.05, 4.69) is 24.3 Å². The van der Waals surface area contributed by atoms with E-state index >= 15 is 0 Å². The van der Waals surface area contributed by atoms with Gasteiger partial charge in [0.15, 0.2) is 0 Å². The summed E-state index contributed by atoms with van der Waals surface area (Å²) in [7, 11) is 4.77. The molecule has 0 aromatic heterocycles. The van der Waals surface area contributed by atoms with Gasteiger partial charge in [0, 0.05) is 0 Å². The SMILES string of the molecule is C1=C\CC/C=C\CC/1.[Cl][In]. The van der Waals surface area contributed by atoms with Crippen molar-refractivity contribution in [2.45, 2.75) is 25.7 Å². The van der Waals surface area contributed by atoms with E-state index in [1.807, 2.05) is 0 Å². The summed E-state index contributed by atoms with van der Waals surface area (Å²) in [4.78, 5) is 0. The molecule has 0 aliphatic heterocycles. The Kier molecular flexibility index (Phi) is 10.3. The molecular formula is C8H12ClIn. The Morgan fingerprint density at radius 1 is 0.700 bits per heavy atom. The minimum atomic E-state index is 0.822. The molecule has 0 saturated heterocycles. The summed E-state index contributed by atoms with van der Waals surface area (Å²) in [6.07, 6.45) is 14.0. The van der Waals surface area contributed by atoms with Crippen LogP contribution in [0.15, 0.2) is 24.3 Å². The van der Waals surface area contributed by atoms with Gasteiger partial charge < -0.3 is 0 Å². The Labute approximate surface area is 81.5 Å². The molecule has 0 aromatic carbocycles. The first-order chi connectivity index (χ1) is 5.00. The van der Waals surface area contributed by atoms with Gasteiger partial charge >= 0.3 is 31.8 Å². The molecule has 0 saturated carbocycles. The van der Waals surface area contributed by atoms with Crippen molar-refractivity contribution in [1.29, 1.82) is 0 Å². The third-order valence-corrected chi connectivity index (χ3v) is 1.33. The molecule has 0 spiro atoms. The summed E-state index contributed by atoms with van der Waals surface area (Å²) in [6, 6.07) is 0. The Balaban J connectivity index is 0.000000371. The van der Waals surface area contributed by atoms with Crippen molar-refractivity contribution in [2.24, 2.45) is 0 Å². The summed E-state index contributed by atoms with van der Waals surface area (Å²) in [5.74, 6) is 0. The molecule has 10 heavy (non-hydrogen) atoms. The summed E-state index contributed by atoms with van der Waals surface area (Å²) < 4.78 is 0. The van der Waals surface area contributed by atoms with Gasteiger partial charge in [-0.25, -0.2) is 0 Å². The quantitative estimate of drug-likeness (QED) is 0.586. The monoisotopic (exact) mass is 258 g/mol. The molecule has 54 valence electrons. The maximum absolute atomic E-state index is 4.77. The number of allylic oxidation sites excluding steroid dienone is 4. The molecule has 0 fully saturated rings. The average molecular weight is 258 g/mol. The molecule has 0 heterocycles. The maximum atomic E-state index is 4.77. The van der Waals surface area contributed by atoms with Crippen LogP contribution in [0.5, 0.6) is 0 Å². The summed E-state index contributed by atoms with van der Waals surface area (Å²) in [6.45, 7) is 0. The van der Waals surface area contributed by atoms with Gasteiger partial charge in [-0.3, -0.25) is 0 Å². The van der Waals surface area contributed by atoms with Crippen LogP contribution in [-0.2, 0) is 0 Å².